The fourth-order valence-electron chi connectivity index (χ4n) is 5.23. The number of rotatable bonds is 6. The van der Waals surface area contributed by atoms with Crippen molar-refractivity contribution < 1.29 is 36.7 Å². The van der Waals surface area contributed by atoms with E-state index in [1.807, 2.05) is 26.0 Å². The molecule has 1 atom stereocenters. The Morgan fingerprint density at radius 1 is 1.05 bits per heavy atom. The van der Waals surface area contributed by atoms with E-state index >= 15 is 0 Å². The summed E-state index contributed by atoms with van der Waals surface area (Å²) >= 11 is 0. The zero-order chi connectivity index (χ0) is 26.2. The van der Waals surface area contributed by atoms with Gasteiger partial charge in [-0.2, -0.15) is 13.2 Å². The third-order valence-corrected chi connectivity index (χ3v) is 7.13. The molecule has 1 fully saturated rings. The number of carbonyl (C=O) groups excluding carboxylic acids is 2. The monoisotopic (exact) mass is 511 g/mol. The lowest BCUT2D eigenvalue weighted by Gasteiger charge is -2.29. The highest BCUT2D eigenvalue weighted by Crippen LogP contribution is 2.51. The normalized spacial score (nSPS) is 19.7. The Balaban J connectivity index is 1.21. The molecule has 9 heteroatoms. The van der Waals surface area contributed by atoms with E-state index < -0.39 is 29.1 Å². The Bertz CT molecular complexity index is 1420. The SMILES string of the molecule is CC(C)(CC1C(=O)N(Cc2ccc(C(F)(F)F)o2)c2ccccc21)Oc1ccc2c(c1)OC1(CC1)C2=O. The largest absolute Gasteiger partial charge is 0.488 e. The molecule has 3 heterocycles. The minimum absolute atomic E-state index is 0.0143. The number of fused-ring (bicyclic) bond motifs is 2. The van der Waals surface area contributed by atoms with Gasteiger partial charge >= 0.3 is 6.18 Å². The third kappa shape index (κ3) is 4.06. The van der Waals surface area contributed by atoms with Gasteiger partial charge in [-0.1, -0.05) is 18.2 Å². The molecule has 1 spiro atoms. The predicted octanol–water partition coefficient (Wildman–Crippen LogP) is 6.28. The molecule has 3 aromatic rings. The molecular formula is C28H24F3NO5. The lowest BCUT2D eigenvalue weighted by Crippen LogP contribution is -2.35. The number of hydrogen-bond donors (Lipinski definition) is 0. The summed E-state index contributed by atoms with van der Waals surface area (Å²) in [6.07, 6.45) is -2.83. The summed E-state index contributed by atoms with van der Waals surface area (Å²) in [6.45, 7) is 3.63. The van der Waals surface area contributed by atoms with Crippen LogP contribution in [0.2, 0.25) is 0 Å². The number of carbonyl (C=O) groups is 2. The number of halogens is 3. The Labute approximate surface area is 211 Å². The number of furan rings is 1. The van der Waals surface area contributed by atoms with Crippen molar-refractivity contribution in [1.29, 1.82) is 0 Å². The maximum atomic E-state index is 13.5. The summed E-state index contributed by atoms with van der Waals surface area (Å²) in [4.78, 5) is 27.5. The van der Waals surface area contributed by atoms with Crippen LogP contribution >= 0.6 is 0 Å². The van der Waals surface area contributed by atoms with Crippen LogP contribution in [-0.2, 0) is 17.5 Å². The second-order valence-corrected chi connectivity index (χ2v) is 10.4. The van der Waals surface area contributed by atoms with E-state index in [-0.39, 0.29) is 24.0 Å². The number of hydrogen-bond acceptors (Lipinski definition) is 5. The first kappa shape index (κ1) is 23.6. The number of ketones is 1. The van der Waals surface area contributed by atoms with Gasteiger partial charge in [0.2, 0.25) is 17.5 Å². The maximum Gasteiger partial charge on any atom is 0.449 e. The number of anilines is 1. The topological polar surface area (TPSA) is 69.0 Å². The van der Waals surface area contributed by atoms with E-state index in [2.05, 4.69) is 0 Å². The summed E-state index contributed by atoms with van der Waals surface area (Å²) < 4.78 is 56.1. The molecule has 1 unspecified atom stereocenters. The van der Waals surface area contributed by atoms with Gasteiger partial charge in [0.15, 0.2) is 5.60 Å². The second kappa shape index (κ2) is 7.87. The lowest BCUT2D eigenvalue weighted by molar-refractivity contribution is -0.153. The Morgan fingerprint density at radius 3 is 2.51 bits per heavy atom. The molecule has 192 valence electrons. The van der Waals surface area contributed by atoms with Crippen LogP contribution in [0.5, 0.6) is 11.5 Å². The molecule has 6 nitrogen and oxygen atoms in total. The first-order chi connectivity index (χ1) is 17.5. The molecule has 0 radical (unpaired) electrons. The average molecular weight is 511 g/mol. The summed E-state index contributed by atoms with van der Waals surface area (Å²) in [5.74, 6) is -0.776. The van der Waals surface area contributed by atoms with Gasteiger partial charge in [0.05, 0.1) is 18.0 Å². The number of Topliss-reactive ketones (excluding diaryl/α,β-unsaturated/α-hetero) is 1. The van der Waals surface area contributed by atoms with E-state index in [1.54, 1.807) is 30.3 Å². The third-order valence-electron chi connectivity index (χ3n) is 7.13. The van der Waals surface area contributed by atoms with Crippen LogP contribution < -0.4 is 14.4 Å². The van der Waals surface area contributed by atoms with E-state index in [0.717, 1.165) is 24.5 Å². The second-order valence-electron chi connectivity index (χ2n) is 10.4. The zero-order valence-electron chi connectivity index (χ0n) is 20.2. The van der Waals surface area contributed by atoms with Crippen molar-refractivity contribution in [3.05, 3.63) is 77.2 Å². The van der Waals surface area contributed by atoms with Crippen molar-refractivity contribution in [3.8, 4) is 11.5 Å². The first-order valence-corrected chi connectivity index (χ1v) is 12.1. The maximum absolute atomic E-state index is 13.5. The fraction of sp³-hybridized carbons (Fsp3) is 0.357. The molecule has 1 saturated carbocycles. The molecule has 6 rings (SSSR count). The van der Waals surface area contributed by atoms with Crippen molar-refractivity contribution in [2.45, 2.75) is 63.0 Å². The van der Waals surface area contributed by atoms with Gasteiger partial charge in [0.25, 0.3) is 0 Å². The highest BCUT2D eigenvalue weighted by atomic mass is 19.4. The molecule has 1 amide bonds. The van der Waals surface area contributed by atoms with Crippen molar-refractivity contribution >= 4 is 17.4 Å². The van der Waals surface area contributed by atoms with Gasteiger partial charge in [0, 0.05) is 18.2 Å². The number of para-hydroxylation sites is 1. The van der Waals surface area contributed by atoms with E-state index in [9.17, 15) is 22.8 Å². The molecule has 0 N–H and O–H groups in total. The molecule has 1 aromatic heterocycles. The molecule has 3 aliphatic rings. The minimum Gasteiger partial charge on any atom is -0.488 e. The quantitative estimate of drug-likeness (QED) is 0.389. The van der Waals surface area contributed by atoms with Gasteiger partial charge in [0.1, 0.15) is 22.9 Å². The highest BCUT2D eigenvalue weighted by molar-refractivity contribution is 6.09. The summed E-state index contributed by atoms with van der Waals surface area (Å²) in [5.41, 5.74) is 0.507. The number of ether oxygens (including phenoxy) is 2. The number of nitrogens with zero attached hydrogens (tertiary/aromatic N) is 1. The van der Waals surface area contributed by atoms with E-state index in [4.69, 9.17) is 13.9 Å². The standard InChI is InChI=1S/C28H24F3NO5/c1-26(2,36-16-7-9-19-22(13-16)37-27(11-12-27)24(19)33)14-20-18-5-3-4-6-21(18)32(25(20)34)15-17-8-10-23(35-17)28(29,30)31/h3-10,13,20H,11-12,14-15H2,1-2H3. The van der Waals surface area contributed by atoms with Crippen molar-refractivity contribution in [2.24, 2.45) is 0 Å². The molecule has 2 aliphatic heterocycles. The van der Waals surface area contributed by atoms with E-state index in [0.29, 0.717) is 29.2 Å². The van der Waals surface area contributed by atoms with Gasteiger partial charge in [-0.25, -0.2) is 0 Å². The average Bonchev–Trinajstić information content (AvgIpc) is 3.24. The number of benzene rings is 2. The summed E-state index contributed by atoms with van der Waals surface area (Å²) in [7, 11) is 0. The van der Waals surface area contributed by atoms with Crippen LogP contribution in [0.25, 0.3) is 0 Å². The van der Waals surface area contributed by atoms with Gasteiger partial charge < -0.3 is 18.8 Å². The first-order valence-electron chi connectivity index (χ1n) is 12.1. The van der Waals surface area contributed by atoms with Crippen LogP contribution in [0.3, 0.4) is 0 Å². The summed E-state index contributed by atoms with van der Waals surface area (Å²) in [6, 6.07) is 14.5. The smallest absolute Gasteiger partial charge is 0.449 e. The fourth-order valence-corrected chi connectivity index (χ4v) is 5.23. The van der Waals surface area contributed by atoms with E-state index in [1.165, 1.54) is 11.0 Å². The zero-order valence-corrected chi connectivity index (χ0v) is 20.2. The van der Waals surface area contributed by atoms with Crippen molar-refractivity contribution in [2.75, 3.05) is 4.90 Å². The molecule has 2 aromatic carbocycles. The lowest BCUT2D eigenvalue weighted by atomic mass is 9.88. The Morgan fingerprint density at radius 2 is 1.81 bits per heavy atom. The van der Waals surface area contributed by atoms with Crippen LogP contribution in [-0.4, -0.2) is 22.9 Å². The molecule has 0 saturated heterocycles. The predicted molar refractivity (Wildman–Crippen MR) is 127 cm³/mol. The minimum atomic E-state index is -4.59. The number of alkyl halides is 3. The van der Waals surface area contributed by atoms with Crippen molar-refractivity contribution in [1.82, 2.24) is 0 Å². The molecule has 37 heavy (non-hydrogen) atoms. The van der Waals surface area contributed by atoms with Crippen LogP contribution in [0.4, 0.5) is 18.9 Å². The van der Waals surface area contributed by atoms with Gasteiger partial charge in [-0.15, -0.1) is 0 Å². The molecule has 0 bridgehead atoms. The number of amides is 1. The van der Waals surface area contributed by atoms with Gasteiger partial charge in [-0.3, -0.25) is 9.59 Å². The summed E-state index contributed by atoms with van der Waals surface area (Å²) in [5, 5.41) is 0. The van der Waals surface area contributed by atoms with Crippen LogP contribution in [0.1, 0.15) is 66.5 Å². The Kier molecular flexibility index (Phi) is 5.03. The Hall–Kier alpha value is -3.75. The molecular weight excluding hydrogens is 487 g/mol. The van der Waals surface area contributed by atoms with Crippen LogP contribution in [0.15, 0.2) is 59.0 Å². The molecule has 1 aliphatic carbocycles. The van der Waals surface area contributed by atoms with Crippen LogP contribution in [0, 0.1) is 0 Å². The highest BCUT2D eigenvalue weighted by Gasteiger charge is 2.57. The van der Waals surface area contributed by atoms with Crippen molar-refractivity contribution in [3.63, 3.8) is 0 Å². The van der Waals surface area contributed by atoms with Gasteiger partial charge in [-0.05, 0) is 62.6 Å².